The molecule has 0 saturated heterocycles. The Morgan fingerprint density at radius 1 is 1.03 bits per heavy atom. The lowest BCUT2D eigenvalue weighted by Crippen LogP contribution is -2.42. The van der Waals surface area contributed by atoms with Crippen molar-refractivity contribution in [2.45, 2.75) is 26.4 Å². The zero-order valence-electron chi connectivity index (χ0n) is 17.2. The van der Waals surface area contributed by atoms with Gasteiger partial charge in [0.2, 0.25) is 5.88 Å². The summed E-state index contributed by atoms with van der Waals surface area (Å²) < 4.78 is 11.2. The number of hydrogen-bond acceptors (Lipinski definition) is 5. The molecule has 152 valence electrons. The lowest BCUT2D eigenvalue weighted by atomic mass is 10.1. The number of nitriles is 1. The molecular weight excluding hydrogens is 378 g/mol. The van der Waals surface area contributed by atoms with Crippen LogP contribution in [-0.2, 0) is 4.79 Å². The number of carbonyl (C=O) groups is 1. The molecule has 0 aliphatic heterocycles. The Hall–Kier alpha value is -3.85. The van der Waals surface area contributed by atoms with E-state index < -0.39 is 5.60 Å². The standard InChI is InChI=1S/C24H23N3O3/c1-4-29-22-14-9-19(16-26-22)18-7-10-20(11-8-18)27-23(28)24(2,3)30-21-12-5-17(15-25)6-13-21/h5-14,16H,4H2,1-3H3,(H,27,28). The van der Waals surface area contributed by atoms with Crippen LogP contribution in [0.4, 0.5) is 5.69 Å². The van der Waals surface area contributed by atoms with Gasteiger partial charge in [-0.2, -0.15) is 5.26 Å². The highest BCUT2D eigenvalue weighted by molar-refractivity contribution is 5.97. The number of carbonyl (C=O) groups excluding carboxylic acids is 1. The SMILES string of the molecule is CCOc1ccc(-c2ccc(NC(=O)C(C)(C)Oc3ccc(C#N)cc3)cc2)cn1. The molecule has 6 nitrogen and oxygen atoms in total. The van der Waals surface area contributed by atoms with Gasteiger partial charge in [-0.3, -0.25) is 4.79 Å². The number of anilines is 1. The Balaban J connectivity index is 1.64. The number of aromatic nitrogens is 1. The summed E-state index contributed by atoms with van der Waals surface area (Å²) in [6.45, 7) is 5.88. The highest BCUT2D eigenvalue weighted by atomic mass is 16.5. The maximum atomic E-state index is 12.7. The third kappa shape index (κ3) is 5.15. The van der Waals surface area contributed by atoms with Gasteiger partial charge >= 0.3 is 0 Å². The molecule has 0 bridgehead atoms. The van der Waals surface area contributed by atoms with Crippen molar-refractivity contribution in [2.24, 2.45) is 0 Å². The second kappa shape index (κ2) is 9.10. The monoisotopic (exact) mass is 401 g/mol. The molecule has 3 rings (SSSR count). The average molecular weight is 401 g/mol. The van der Waals surface area contributed by atoms with E-state index in [0.29, 0.717) is 29.5 Å². The first-order valence-corrected chi connectivity index (χ1v) is 9.61. The Morgan fingerprint density at radius 3 is 2.27 bits per heavy atom. The van der Waals surface area contributed by atoms with E-state index in [1.807, 2.05) is 43.3 Å². The molecular formula is C24H23N3O3. The fraction of sp³-hybridized carbons (Fsp3) is 0.208. The van der Waals surface area contributed by atoms with Gasteiger partial charge in [-0.1, -0.05) is 12.1 Å². The predicted octanol–water partition coefficient (Wildman–Crippen LogP) is 4.82. The summed E-state index contributed by atoms with van der Waals surface area (Å²) in [6, 6.07) is 20.0. The van der Waals surface area contributed by atoms with Crippen molar-refractivity contribution in [2.75, 3.05) is 11.9 Å². The lowest BCUT2D eigenvalue weighted by molar-refractivity contribution is -0.128. The zero-order valence-corrected chi connectivity index (χ0v) is 17.2. The van der Waals surface area contributed by atoms with Crippen molar-refractivity contribution in [1.29, 1.82) is 5.26 Å². The fourth-order valence-corrected chi connectivity index (χ4v) is 2.75. The molecule has 0 aliphatic rings. The Morgan fingerprint density at radius 2 is 1.70 bits per heavy atom. The maximum Gasteiger partial charge on any atom is 0.267 e. The number of hydrogen-bond donors (Lipinski definition) is 1. The quantitative estimate of drug-likeness (QED) is 0.614. The van der Waals surface area contributed by atoms with E-state index in [2.05, 4.69) is 16.4 Å². The smallest absolute Gasteiger partial charge is 0.267 e. The molecule has 3 aromatic rings. The first-order chi connectivity index (χ1) is 14.4. The number of benzene rings is 2. The predicted molar refractivity (Wildman–Crippen MR) is 115 cm³/mol. The minimum Gasteiger partial charge on any atom is -0.478 e. The molecule has 1 heterocycles. The second-order valence-corrected chi connectivity index (χ2v) is 7.10. The van der Waals surface area contributed by atoms with Crippen molar-refractivity contribution in [3.8, 4) is 28.8 Å². The fourth-order valence-electron chi connectivity index (χ4n) is 2.75. The molecule has 0 saturated carbocycles. The van der Waals surface area contributed by atoms with Crippen molar-refractivity contribution < 1.29 is 14.3 Å². The summed E-state index contributed by atoms with van der Waals surface area (Å²) in [5.74, 6) is 0.837. The van der Waals surface area contributed by atoms with Gasteiger partial charge in [0, 0.05) is 23.5 Å². The third-order valence-corrected chi connectivity index (χ3v) is 4.41. The van der Waals surface area contributed by atoms with Crippen LogP contribution in [0.25, 0.3) is 11.1 Å². The van der Waals surface area contributed by atoms with Crippen LogP contribution in [0, 0.1) is 11.3 Å². The van der Waals surface area contributed by atoms with Crippen LogP contribution in [0.1, 0.15) is 26.3 Å². The Bertz CT molecular complexity index is 1040. The molecule has 2 aromatic carbocycles. The van der Waals surface area contributed by atoms with Crippen LogP contribution < -0.4 is 14.8 Å². The normalized spacial score (nSPS) is 10.7. The maximum absolute atomic E-state index is 12.7. The van der Waals surface area contributed by atoms with E-state index in [9.17, 15) is 4.79 Å². The average Bonchev–Trinajstić information content (AvgIpc) is 2.75. The first-order valence-electron chi connectivity index (χ1n) is 9.61. The number of pyridine rings is 1. The van der Waals surface area contributed by atoms with E-state index in [1.165, 1.54) is 0 Å². The minimum absolute atomic E-state index is 0.276. The zero-order chi connectivity index (χ0) is 21.6. The topological polar surface area (TPSA) is 84.2 Å². The summed E-state index contributed by atoms with van der Waals surface area (Å²) >= 11 is 0. The van der Waals surface area contributed by atoms with Crippen molar-refractivity contribution in [3.63, 3.8) is 0 Å². The largest absolute Gasteiger partial charge is 0.478 e. The van der Waals surface area contributed by atoms with Crippen molar-refractivity contribution in [3.05, 3.63) is 72.4 Å². The molecule has 0 aliphatic carbocycles. The van der Waals surface area contributed by atoms with Gasteiger partial charge < -0.3 is 14.8 Å². The molecule has 0 fully saturated rings. The molecule has 1 aromatic heterocycles. The Labute approximate surface area is 176 Å². The molecule has 1 N–H and O–H groups in total. The van der Waals surface area contributed by atoms with E-state index >= 15 is 0 Å². The number of ether oxygens (including phenoxy) is 2. The molecule has 0 spiro atoms. The highest BCUT2D eigenvalue weighted by Gasteiger charge is 2.30. The van der Waals surface area contributed by atoms with E-state index in [-0.39, 0.29) is 5.91 Å². The van der Waals surface area contributed by atoms with Crippen LogP contribution in [0.3, 0.4) is 0 Å². The number of rotatable bonds is 7. The van der Waals surface area contributed by atoms with Gasteiger partial charge in [0.25, 0.3) is 5.91 Å². The van der Waals surface area contributed by atoms with Gasteiger partial charge in [-0.25, -0.2) is 4.98 Å². The van der Waals surface area contributed by atoms with Gasteiger partial charge in [0.1, 0.15) is 5.75 Å². The number of nitrogens with one attached hydrogen (secondary N) is 1. The summed E-state index contributed by atoms with van der Waals surface area (Å²) in [5.41, 5.74) is 2.05. The van der Waals surface area contributed by atoms with Crippen LogP contribution in [-0.4, -0.2) is 23.1 Å². The molecule has 0 radical (unpaired) electrons. The van der Waals surface area contributed by atoms with Gasteiger partial charge in [-0.05, 0) is 68.8 Å². The summed E-state index contributed by atoms with van der Waals surface area (Å²) in [5, 5.41) is 11.8. The van der Waals surface area contributed by atoms with E-state index in [0.717, 1.165) is 11.1 Å². The van der Waals surface area contributed by atoms with Gasteiger partial charge in [-0.15, -0.1) is 0 Å². The van der Waals surface area contributed by atoms with Crippen LogP contribution >= 0.6 is 0 Å². The first kappa shape index (κ1) is 20.9. The summed E-state index contributed by atoms with van der Waals surface area (Å²) in [6.07, 6.45) is 1.76. The molecule has 1 amide bonds. The third-order valence-electron chi connectivity index (χ3n) is 4.41. The molecule has 0 atom stereocenters. The summed E-state index contributed by atoms with van der Waals surface area (Å²) in [7, 11) is 0. The van der Waals surface area contributed by atoms with Crippen molar-refractivity contribution in [1.82, 2.24) is 4.98 Å². The van der Waals surface area contributed by atoms with Crippen LogP contribution in [0.2, 0.25) is 0 Å². The van der Waals surface area contributed by atoms with Gasteiger partial charge in [0.15, 0.2) is 5.60 Å². The number of amides is 1. The highest BCUT2D eigenvalue weighted by Crippen LogP contribution is 2.24. The van der Waals surface area contributed by atoms with Crippen LogP contribution in [0.15, 0.2) is 66.9 Å². The lowest BCUT2D eigenvalue weighted by Gasteiger charge is -2.25. The Kier molecular flexibility index (Phi) is 6.33. The number of nitrogens with zero attached hydrogens (tertiary/aromatic N) is 2. The minimum atomic E-state index is -1.09. The second-order valence-electron chi connectivity index (χ2n) is 7.10. The molecule has 6 heteroatoms. The molecule has 30 heavy (non-hydrogen) atoms. The van der Waals surface area contributed by atoms with E-state index in [4.69, 9.17) is 14.7 Å². The van der Waals surface area contributed by atoms with Crippen LogP contribution in [0.5, 0.6) is 11.6 Å². The molecule has 0 unspecified atom stereocenters. The summed E-state index contributed by atoms with van der Waals surface area (Å²) in [4.78, 5) is 17.0. The van der Waals surface area contributed by atoms with Gasteiger partial charge in [0.05, 0.1) is 18.2 Å². The van der Waals surface area contributed by atoms with E-state index in [1.54, 1.807) is 44.3 Å². The van der Waals surface area contributed by atoms with Crippen molar-refractivity contribution >= 4 is 11.6 Å².